The van der Waals surface area contributed by atoms with Crippen LogP contribution in [-0.2, 0) is 16.1 Å². The number of amides is 1. The number of rotatable bonds is 9. The maximum Gasteiger partial charge on any atom is 0.344 e. The first-order chi connectivity index (χ1) is 21.3. The summed E-state index contributed by atoms with van der Waals surface area (Å²) in [6.45, 7) is 6.37. The number of ether oxygens (including phenoxy) is 3. The second-order valence-electron chi connectivity index (χ2n) is 9.83. The van der Waals surface area contributed by atoms with E-state index >= 15 is 0 Å². The van der Waals surface area contributed by atoms with Crippen LogP contribution in [0.4, 0.5) is 0 Å². The number of fused-ring (bicyclic) bond motifs is 1. The number of carbonyl (C=O) groups excluding carboxylic acids is 2. The van der Waals surface area contributed by atoms with Crippen LogP contribution in [0.15, 0.2) is 100 Å². The van der Waals surface area contributed by atoms with Gasteiger partial charge in [-0.3, -0.25) is 4.79 Å². The highest BCUT2D eigenvalue weighted by molar-refractivity contribution is 14.1. The van der Waals surface area contributed by atoms with Crippen molar-refractivity contribution < 1.29 is 28.9 Å². The SMILES string of the molecule is CCOC(=O)C1=C(O)/C(=C/c2cc(I)c(OCc3cccc4ccccc34)c(OCC)c2)SC1=NC(=O)c1ccc(C)cc1. The molecule has 0 saturated heterocycles. The van der Waals surface area contributed by atoms with Crippen LogP contribution in [0.2, 0.25) is 0 Å². The molecule has 9 heteroatoms. The first-order valence-corrected chi connectivity index (χ1v) is 15.9. The summed E-state index contributed by atoms with van der Waals surface area (Å²) < 4.78 is 18.3. The van der Waals surface area contributed by atoms with Crippen LogP contribution in [0.3, 0.4) is 0 Å². The largest absolute Gasteiger partial charge is 0.506 e. The predicted molar refractivity (Wildman–Crippen MR) is 183 cm³/mol. The Hall–Kier alpha value is -4.09. The summed E-state index contributed by atoms with van der Waals surface area (Å²) in [7, 11) is 0. The van der Waals surface area contributed by atoms with E-state index in [1.54, 1.807) is 25.1 Å². The van der Waals surface area contributed by atoms with E-state index in [-0.39, 0.29) is 23.0 Å². The van der Waals surface area contributed by atoms with Gasteiger partial charge in [-0.05, 0) is 95.6 Å². The molecule has 1 aliphatic heterocycles. The van der Waals surface area contributed by atoms with E-state index in [1.807, 2.05) is 62.4 Å². The third-order valence-electron chi connectivity index (χ3n) is 6.75. The summed E-state index contributed by atoms with van der Waals surface area (Å²) in [6, 6.07) is 25.0. The highest BCUT2D eigenvalue weighted by Gasteiger charge is 2.34. The number of benzene rings is 4. The number of thioether (sulfide) groups is 1. The van der Waals surface area contributed by atoms with Crippen molar-refractivity contribution in [3.8, 4) is 11.5 Å². The van der Waals surface area contributed by atoms with Crippen LogP contribution in [0.25, 0.3) is 16.8 Å². The average Bonchev–Trinajstić information content (AvgIpc) is 3.31. The molecule has 0 aliphatic carbocycles. The molecular weight excluding hydrogens is 689 g/mol. The smallest absolute Gasteiger partial charge is 0.344 e. The van der Waals surface area contributed by atoms with E-state index in [2.05, 4.69) is 45.8 Å². The third kappa shape index (κ3) is 7.00. The second kappa shape index (κ2) is 14.1. The van der Waals surface area contributed by atoms with Gasteiger partial charge in [0.25, 0.3) is 5.91 Å². The van der Waals surface area contributed by atoms with Crippen molar-refractivity contribution in [3.05, 3.63) is 121 Å². The molecule has 5 rings (SSSR count). The second-order valence-corrected chi connectivity index (χ2v) is 12.0. The van der Waals surface area contributed by atoms with Gasteiger partial charge in [-0.1, -0.05) is 71.9 Å². The molecule has 4 aromatic rings. The van der Waals surface area contributed by atoms with Crippen LogP contribution < -0.4 is 9.47 Å². The normalized spacial score (nSPS) is 14.8. The van der Waals surface area contributed by atoms with Crippen LogP contribution >= 0.6 is 34.4 Å². The monoisotopic (exact) mass is 719 g/mol. The summed E-state index contributed by atoms with van der Waals surface area (Å²) in [6.07, 6.45) is 1.72. The van der Waals surface area contributed by atoms with E-state index < -0.39 is 11.9 Å². The van der Waals surface area contributed by atoms with Gasteiger partial charge in [0, 0.05) is 5.56 Å². The van der Waals surface area contributed by atoms with Gasteiger partial charge in [-0.2, -0.15) is 0 Å². The standard InChI is InChI=1S/C35H30INO6S/c1-4-41-28-18-22(17-27(36)32(28)43-20-25-11-8-10-23-9-6-7-12-26(23)25)19-29-31(38)30(35(40)42-5-2)34(44-29)37-33(39)24-15-13-21(3)14-16-24/h6-19,38H,4-5,20H2,1-3H3/b29-19-,37-34?. The van der Waals surface area contributed by atoms with Gasteiger partial charge in [0.05, 0.1) is 21.7 Å². The van der Waals surface area contributed by atoms with Gasteiger partial charge in [0.1, 0.15) is 23.0 Å². The lowest BCUT2D eigenvalue weighted by Gasteiger charge is -2.16. The third-order valence-corrected chi connectivity index (χ3v) is 8.57. The predicted octanol–water partition coefficient (Wildman–Crippen LogP) is 8.43. The van der Waals surface area contributed by atoms with Crippen LogP contribution in [0.1, 0.15) is 40.9 Å². The summed E-state index contributed by atoms with van der Waals surface area (Å²) in [5, 5.41) is 13.5. The zero-order chi connectivity index (χ0) is 31.2. The highest BCUT2D eigenvalue weighted by Crippen LogP contribution is 2.41. The molecule has 0 unspecified atom stereocenters. The summed E-state index contributed by atoms with van der Waals surface area (Å²) in [5.41, 5.74) is 3.00. The summed E-state index contributed by atoms with van der Waals surface area (Å²) in [5.74, 6) is -0.415. The molecule has 0 bridgehead atoms. The molecule has 7 nitrogen and oxygen atoms in total. The van der Waals surface area contributed by atoms with Gasteiger partial charge >= 0.3 is 5.97 Å². The molecule has 0 saturated carbocycles. The quantitative estimate of drug-likeness (QED) is 0.137. The average molecular weight is 720 g/mol. The molecule has 224 valence electrons. The molecule has 4 aromatic carbocycles. The number of aryl methyl sites for hydroxylation is 1. The first-order valence-electron chi connectivity index (χ1n) is 14.0. The van der Waals surface area contributed by atoms with Crippen molar-refractivity contribution >= 4 is 68.1 Å². The van der Waals surface area contributed by atoms with E-state index in [0.29, 0.717) is 40.7 Å². The number of halogens is 1. The Morgan fingerprint density at radius 2 is 1.70 bits per heavy atom. The molecule has 0 radical (unpaired) electrons. The molecule has 0 spiro atoms. The molecular formula is C35H30INO6S. The minimum atomic E-state index is -0.752. The molecule has 0 atom stereocenters. The van der Waals surface area contributed by atoms with Crippen molar-refractivity contribution in [1.82, 2.24) is 0 Å². The van der Waals surface area contributed by atoms with E-state index in [9.17, 15) is 14.7 Å². The van der Waals surface area contributed by atoms with Crippen molar-refractivity contribution in [2.75, 3.05) is 13.2 Å². The topological polar surface area (TPSA) is 94.4 Å². The lowest BCUT2D eigenvalue weighted by Crippen LogP contribution is -2.14. The zero-order valence-corrected chi connectivity index (χ0v) is 27.4. The Bertz CT molecular complexity index is 1820. The van der Waals surface area contributed by atoms with Gasteiger partial charge in [0.2, 0.25) is 0 Å². The Kier molecular flexibility index (Phi) is 10.1. The molecule has 0 aromatic heterocycles. The minimum Gasteiger partial charge on any atom is -0.506 e. The first kappa shape index (κ1) is 31.3. The number of nitrogens with zero attached hydrogens (tertiary/aromatic N) is 1. The van der Waals surface area contributed by atoms with E-state index in [1.165, 1.54) is 0 Å². The number of aliphatic imine (C=N–C) groups is 1. The van der Waals surface area contributed by atoms with Gasteiger partial charge < -0.3 is 19.3 Å². The summed E-state index contributed by atoms with van der Waals surface area (Å²) >= 11 is 3.23. The maximum atomic E-state index is 12.9. The van der Waals surface area contributed by atoms with Gasteiger partial charge in [-0.15, -0.1) is 0 Å². The number of hydrogen-bond acceptors (Lipinski definition) is 7. The number of hydrogen-bond donors (Lipinski definition) is 1. The molecule has 1 amide bonds. The Morgan fingerprint density at radius 3 is 2.45 bits per heavy atom. The Labute approximate surface area is 273 Å². The Morgan fingerprint density at radius 1 is 0.955 bits per heavy atom. The molecule has 1 aliphatic rings. The fourth-order valence-corrected chi connectivity index (χ4v) is 6.43. The van der Waals surface area contributed by atoms with Crippen molar-refractivity contribution in [2.24, 2.45) is 4.99 Å². The van der Waals surface area contributed by atoms with Crippen molar-refractivity contribution in [3.63, 3.8) is 0 Å². The van der Waals surface area contributed by atoms with Crippen LogP contribution in [0.5, 0.6) is 11.5 Å². The molecule has 0 fully saturated rings. The molecule has 44 heavy (non-hydrogen) atoms. The highest BCUT2D eigenvalue weighted by atomic mass is 127. The summed E-state index contributed by atoms with van der Waals surface area (Å²) in [4.78, 5) is 30.3. The fourth-order valence-electron chi connectivity index (χ4n) is 4.64. The van der Waals surface area contributed by atoms with Gasteiger partial charge in [-0.25, -0.2) is 9.79 Å². The maximum absolute atomic E-state index is 12.9. The number of aliphatic hydroxyl groups excluding tert-OH is 1. The number of carbonyl (C=O) groups is 2. The number of aliphatic hydroxyl groups is 1. The van der Waals surface area contributed by atoms with E-state index in [4.69, 9.17) is 14.2 Å². The minimum absolute atomic E-state index is 0.0764. The van der Waals surface area contributed by atoms with Crippen molar-refractivity contribution in [2.45, 2.75) is 27.4 Å². The zero-order valence-electron chi connectivity index (χ0n) is 24.4. The van der Waals surface area contributed by atoms with E-state index in [0.717, 1.165) is 37.2 Å². The van der Waals surface area contributed by atoms with Crippen LogP contribution in [-0.4, -0.2) is 35.2 Å². The molecule has 1 heterocycles. The Balaban J connectivity index is 1.46. The lowest BCUT2D eigenvalue weighted by atomic mass is 10.1. The van der Waals surface area contributed by atoms with Crippen LogP contribution in [0, 0.1) is 10.5 Å². The molecule has 1 N–H and O–H groups in total. The van der Waals surface area contributed by atoms with Gasteiger partial charge in [0.15, 0.2) is 11.5 Å². The number of esters is 1. The fraction of sp³-hybridized carbons (Fsp3) is 0.171. The van der Waals surface area contributed by atoms with Crippen molar-refractivity contribution in [1.29, 1.82) is 0 Å². The lowest BCUT2D eigenvalue weighted by molar-refractivity contribution is -0.138.